The van der Waals surface area contributed by atoms with Gasteiger partial charge in [-0.3, -0.25) is 0 Å². The van der Waals surface area contributed by atoms with Crippen molar-refractivity contribution in [1.82, 2.24) is 0 Å². The van der Waals surface area contributed by atoms with Crippen molar-refractivity contribution in [2.75, 3.05) is 87.1 Å². The lowest BCUT2D eigenvalue weighted by atomic mass is 9.67. The van der Waals surface area contributed by atoms with E-state index < -0.39 is 32.0 Å². The van der Waals surface area contributed by atoms with Gasteiger partial charge in [0.15, 0.2) is 0 Å². The number of carboxylic acid groups (broad SMARTS) is 2. The summed E-state index contributed by atoms with van der Waals surface area (Å²) in [4.78, 5) is 28.7. The Morgan fingerprint density at radius 1 is 0.616 bits per heavy atom. The number of ether oxygens (including phenoxy) is 6. The number of carbonyl (C=O) groups is 2. The van der Waals surface area contributed by atoms with Crippen LogP contribution in [0, 0.1) is 35.5 Å². The van der Waals surface area contributed by atoms with Gasteiger partial charge in [-0.05, 0) is 171 Å². The van der Waals surface area contributed by atoms with Gasteiger partial charge in [-0.2, -0.15) is 0 Å². The number of hydrogen-bond donors (Lipinski definition) is 4. The third-order valence-electron chi connectivity index (χ3n) is 20.1. The number of fused-ring (bicyclic) bond motifs is 6. The van der Waals surface area contributed by atoms with E-state index in [2.05, 4.69) is 47.9 Å². The zero-order valence-electron chi connectivity index (χ0n) is 49.1. The van der Waals surface area contributed by atoms with E-state index in [9.17, 15) is 36.6 Å². The Balaban J connectivity index is 0.000000179. The van der Waals surface area contributed by atoms with E-state index in [-0.39, 0.29) is 82.9 Å². The minimum atomic E-state index is -3.57. The number of aryl methyl sites for hydroxylation is 2. The molecule has 86 heavy (non-hydrogen) atoms. The Bertz CT molecular complexity index is 3160. The van der Waals surface area contributed by atoms with E-state index in [1.165, 1.54) is 22.3 Å². The Labute approximate surface area is 515 Å². The lowest BCUT2D eigenvalue weighted by Gasteiger charge is -2.48. The average Bonchev–Trinajstić information content (AvgIpc) is 1.51. The molecule has 2 saturated carbocycles. The predicted molar refractivity (Wildman–Crippen MR) is 329 cm³/mol. The van der Waals surface area contributed by atoms with Gasteiger partial charge in [0.05, 0.1) is 98.1 Å². The molecule has 0 bridgehead atoms. The molecule has 6 N–H and O–H groups in total. The summed E-state index contributed by atoms with van der Waals surface area (Å²) in [7, 11) is -7.15. The highest BCUT2D eigenvalue weighted by molar-refractivity contribution is 7.89. The van der Waals surface area contributed by atoms with Crippen LogP contribution in [0.25, 0.3) is 0 Å². The second-order valence-electron chi connectivity index (χ2n) is 25.9. The van der Waals surface area contributed by atoms with Gasteiger partial charge >= 0.3 is 11.9 Å². The maximum Gasteiger partial charge on any atom is 0.335 e. The number of sulfonamides is 2. The largest absolute Gasteiger partial charge is 0.490 e. The van der Waals surface area contributed by atoms with Crippen molar-refractivity contribution in [3.63, 3.8) is 0 Å². The first-order valence-electron chi connectivity index (χ1n) is 30.6. The molecule has 4 heterocycles. The molecule has 8 aliphatic rings. The molecule has 22 heteroatoms. The monoisotopic (exact) mass is 1260 g/mol. The van der Waals surface area contributed by atoms with Crippen LogP contribution in [-0.4, -0.2) is 141 Å². The molecule has 0 unspecified atom stereocenters. The number of rotatable bonds is 16. The van der Waals surface area contributed by atoms with Crippen molar-refractivity contribution in [1.29, 1.82) is 0 Å². The van der Waals surface area contributed by atoms with Gasteiger partial charge in [0, 0.05) is 71.7 Å². The van der Waals surface area contributed by atoms with Crippen molar-refractivity contribution in [3.05, 3.63) is 116 Å². The SMILES string of the molecule is C[C@@H]1CO[C@@H]([C@@H]2CC[C@H]2CN2C[C@@]3(CCCc4cc(Cl)ccc43)COc3ccc(C(=O)O)cc32)C[C@H]1OCCS(N)(=O)=O.C[C@@H]1CO[C@H]([C@@H]2CC[C@H]2CN2C[C@@]3(CCCc4cc(Cl)ccc43)COc3ccc(C(=O)O)cc32)C[C@H]1OCCS(N)(=O)=O. The Morgan fingerprint density at radius 2 is 1.03 bits per heavy atom. The third-order valence-corrected chi connectivity index (χ3v) is 22.1. The molecule has 4 aromatic carbocycles. The first-order valence-corrected chi connectivity index (χ1v) is 34.8. The van der Waals surface area contributed by atoms with Crippen LogP contribution in [0.1, 0.15) is 121 Å². The number of benzene rings is 4. The number of carboxylic acids is 2. The molecule has 4 fully saturated rings. The number of halogens is 2. The molecule has 4 aromatic rings. The van der Waals surface area contributed by atoms with Crippen molar-refractivity contribution >= 4 is 66.6 Å². The molecule has 0 radical (unpaired) electrons. The van der Waals surface area contributed by atoms with Crippen LogP contribution in [0.2, 0.25) is 10.0 Å². The second-order valence-corrected chi connectivity index (χ2v) is 30.2. The summed E-state index contributed by atoms with van der Waals surface area (Å²) < 4.78 is 83.3. The van der Waals surface area contributed by atoms with Gasteiger partial charge in [-0.15, -0.1) is 0 Å². The molecule has 4 aliphatic carbocycles. The van der Waals surface area contributed by atoms with Crippen LogP contribution in [-0.2, 0) is 62.7 Å². The fraction of sp³-hybridized carbons (Fsp3) is 0.594. The van der Waals surface area contributed by atoms with E-state index in [0.29, 0.717) is 74.4 Å². The smallest absolute Gasteiger partial charge is 0.335 e. The van der Waals surface area contributed by atoms with E-state index in [4.69, 9.17) is 61.9 Å². The zero-order valence-corrected chi connectivity index (χ0v) is 52.2. The topological polar surface area (TPSA) is 257 Å². The van der Waals surface area contributed by atoms with Crippen LogP contribution in [0.5, 0.6) is 11.5 Å². The predicted octanol–water partition coefficient (Wildman–Crippen LogP) is 9.27. The van der Waals surface area contributed by atoms with Crippen LogP contribution < -0.4 is 29.6 Å². The minimum absolute atomic E-state index is 0.0222. The van der Waals surface area contributed by atoms with Gasteiger partial charge in [-0.25, -0.2) is 36.7 Å². The number of hydrogen-bond acceptors (Lipinski definition) is 14. The molecule has 0 aromatic heterocycles. The molecule has 0 amide bonds. The van der Waals surface area contributed by atoms with Gasteiger partial charge in [0.2, 0.25) is 20.0 Å². The highest BCUT2D eigenvalue weighted by Gasteiger charge is 2.49. The summed E-state index contributed by atoms with van der Waals surface area (Å²) in [6, 6.07) is 22.7. The Morgan fingerprint density at radius 3 is 1.41 bits per heavy atom. The number of anilines is 2. The lowest BCUT2D eigenvalue weighted by Crippen LogP contribution is -2.51. The van der Waals surface area contributed by atoms with Crippen LogP contribution >= 0.6 is 23.2 Å². The van der Waals surface area contributed by atoms with Crippen molar-refractivity contribution in [2.24, 2.45) is 45.8 Å². The summed E-state index contributed by atoms with van der Waals surface area (Å²) in [5.74, 6) is 0.827. The fourth-order valence-electron chi connectivity index (χ4n) is 15.2. The fourth-order valence-corrected chi connectivity index (χ4v) is 16.2. The lowest BCUT2D eigenvalue weighted by molar-refractivity contribution is -0.140. The summed E-state index contributed by atoms with van der Waals surface area (Å²) in [5, 5.41) is 31.4. The normalized spacial score (nSPS) is 30.5. The maximum absolute atomic E-state index is 12.0. The molecule has 12 atom stereocenters. The molecular weight excluding hydrogens is 1180 g/mol. The van der Waals surface area contributed by atoms with Crippen molar-refractivity contribution in [3.8, 4) is 11.5 Å². The first-order chi connectivity index (χ1) is 41.0. The standard InChI is InChI=1S/2C32H41ClN2O7S/c2*1-20-17-41-30(15-29(20)40-11-12-43(34,38)39)25-7-4-23(25)16-35-18-32(10-2-3-21-13-24(33)6-8-26(21)32)19-42-28-9-5-22(31(36)37)14-27(28)35/h2*5-6,8-9,13-14,20,23,25,29-30H,2-4,7,10-12,15-19H2,1H3,(H,36,37)(H2,34,38,39)/t20-,23+,25-,29-,30+,32+;20-,23+,25-,29-,30-,32+/m11/s1. The molecule has 468 valence electrons. The van der Waals surface area contributed by atoms with Gasteiger partial charge in [0.25, 0.3) is 0 Å². The van der Waals surface area contributed by atoms with Crippen LogP contribution in [0.15, 0.2) is 72.8 Å². The van der Waals surface area contributed by atoms with E-state index >= 15 is 0 Å². The summed E-state index contributed by atoms with van der Waals surface area (Å²) >= 11 is 12.8. The van der Waals surface area contributed by atoms with Crippen molar-refractivity contribution < 1.29 is 65.1 Å². The zero-order chi connectivity index (χ0) is 60.7. The van der Waals surface area contributed by atoms with Crippen LogP contribution in [0.3, 0.4) is 0 Å². The van der Waals surface area contributed by atoms with E-state index in [1.54, 1.807) is 36.4 Å². The van der Waals surface area contributed by atoms with Crippen molar-refractivity contribution in [2.45, 2.75) is 126 Å². The Kier molecular flexibility index (Phi) is 19.0. The minimum Gasteiger partial charge on any atom is -0.490 e. The molecule has 2 spiro atoms. The highest BCUT2D eigenvalue weighted by atomic mass is 35.5. The molecule has 2 saturated heterocycles. The van der Waals surface area contributed by atoms with Crippen LogP contribution in [0.4, 0.5) is 11.4 Å². The second kappa shape index (κ2) is 26.0. The summed E-state index contributed by atoms with van der Waals surface area (Å²) in [5.41, 5.74) is 6.73. The van der Waals surface area contributed by atoms with Gasteiger partial charge in [-0.1, -0.05) is 49.2 Å². The number of aromatic carboxylic acids is 2. The first kappa shape index (κ1) is 62.9. The maximum atomic E-state index is 12.0. The molecule has 4 aliphatic heterocycles. The third kappa shape index (κ3) is 14.1. The van der Waals surface area contributed by atoms with Gasteiger partial charge < -0.3 is 48.4 Å². The molecule has 12 rings (SSSR count). The number of primary sulfonamides is 2. The summed E-state index contributed by atoms with van der Waals surface area (Å²) in [6.07, 6.45) is 11.5. The molecule has 18 nitrogen and oxygen atoms in total. The summed E-state index contributed by atoms with van der Waals surface area (Å²) in [6.45, 7) is 9.46. The molecular formula is C64H82Cl2N4O14S2. The number of nitrogens with two attached hydrogens (primary N) is 2. The van der Waals surface area contributed by atoms with E-state index in [0.717, 1.165) is 112 Å². The highest BCUT2D eigenvalue weighted by Crippen LogP contribution is 2.50. The Hall–Kier alpha value is -4.74. The van der Waals surface area contributed by atoms with E-state index in [1.807, 2.05) is 12.1 Å². The quantitative estimate of drug-likeness (QED) is 0.0815. The average molecular weight is 1270 g/mol. The van der Waals surface area contributed by atoms with Gasteiger partial charge in [0.1, 0.15) is 11.5 Å². The number of nitrogens with zero attached hydrogens (tertiary/aromatic N) is 2.